The largest absolute Gasteiger partial charge is 0.492 e. The summed E-state index contributed by atoms with van der Waals surface area (Å²) in [6, 6.07) is 0.0122. The van der Waals surface area contributed by atoms with Gasteiger partial charge in [-0.05, 0) is 32.8 Å². The molecule has 33 heavy (non-hydrogen) atoms. The number of rotatable bonds is 7. The first-order valence-corrected chi connectivity index (χ1v) is 11.0. The number of methoxy groups -OCH3 is 1. The summed E-state index contributed by atoms with van der Waals surface area (Å²) in [4.78, 5) is 40.4. The van der Waals surface area contributed by atoms with E-state index in [1.807, 2.05) is 0 Å². The molecule has 0 atom stereocenters. The van der Waals surface area contributed by atoms with Gasteiger partial charge in [0.25, 0.3) is 11.5 Å². The van der Waals surface area contributed by atoms with Crippen LogP contribution in [0.2, 0.25) is 0 Å². The molecule has 0 radical (unpaired) electrons. The maximum atomic E-state index is 13.4. The number of carbonyl (C=O) groups excluding carboxylic acids is 2. The van der Waals surface area contributed by atoms with E-state index in [0.717, 1.165) is 17.4 Å². The van der Waals surface area contributed by atoms with Gasteiger partial charge in [0.05, 0.1) is 31.6 Å². The first kappa shape index (κ1) is 23.0. The Hall–Kier alpha value is -3.18. The first-order chi connectivity index (χ1) is 15.7. The average molecular weight is 460 g/mol. The zero-order valence-electron chi connectivity index (χ0n) is 19.0. The minimum atomic E-state index is -0.750. The fourth-order valence-corrected chi connectivity index (χ4v) is 3.66. The summed E-state index contributed by atoms with van der Waals surface area (Å²) in [5.41, 5.74) is -1.07. The Bertz CT molecular complexity index is 1150. The molecule has 1 aliphatic heterocycles. The van der Waals surface area contributed by atoms with E-state index < -0.39 is 22.9 Å². The van der Waals surface area contributed by atoms with Crippen LogP contribution in [-0.4, -0.2) is 81.1 Å². The van der Waals surface area contributed by atoms with Crippen molar-refractivity contribution in [1.29, 1.82) is 0 Å². The van der Waals surface area contributed by atoms with Gasteiger partial charge in [0.15, 0.2) is 5.56 Å². The predicted molar refractivity (Wildman–Crippen MR) is 119 cm³/mol. The number of morpholine rings is 1. The monoisotopic (exact) mass is 459 g/mol. The van der Waals surface area contributed by atoms with Crippen LogP contribution in [0.5, 0.6) is 5.88 Å². The highest BCUT2D eigenvalue weighted by molar-refractivity contribution is 5.97. The summed E-state index contributed by atoms with van der Waals surface area (Å²) >= 11 is 0. The van der Waals surface area contributed by atoms with Crippen LogP contribution in [0.1, 0.15) is 42.6 Å². The van der Waals surface area contributed by atoms with Crippen molar-refractivity contribution in [1.82, 2.24) is 24.4 Å². The fraction of sp³-hybridized carbons (Fsp3) is 0.545. The van der Waals surface area contributed by atoms with Crippen molar-refractivity contribution >= 4 is 23.5 Å². The average Bonchev–Trinajstić information content (AvgIpc) is 3.51. The minimum absolute atomic E-state index is 0.0122. The Kier molecular flexibility index (Phi) is 6.26. The molecule has 4 rings (SSSR count). The predicted octanol–water partition coefficient (Wildman–Crippen LogP) is 0.391. The third-order valence-corrected chi connectivity index (χ3v) is 5.87. The van der Waals surface area contributed by atoms with E-state index in [1.54, 1.807) is 24.8 Å². The standard InChI is InChI=1S/C22H29N5O6/c1-22(2,32-3)13-26-19-14(4-7-16(28)25-8-10-33-11-9-25)12-23-27(19)21(31)17(20(26)30)18(29)24-15-5-6-15/h4,7,12,15,31H,5-6,8-11,13H2,1-3H3,(H,24,29)/b7-4+. The maximum absolute atomic E-state index is 13.4. The molecule has 2 N–H and O–H groups in total. The summed E-state index contributed by atoms with van der Waals surface area (Å²) in [5, 5.41) is 17.7. The van der Waals surface area contributed by atoms with Gasteiger partial charge in [-0.2, -0.15) is 9.61 Å². The second-order valence-corrected chi connectivity index (χ2v) is 8.91. The highest BCUT2D eigenvalue weighted by Crippen LogP contribution is 2.24. The summed E-state index contributed by atoms with van der Waals surface area (Å²) in [6.45, 7) is 5.69. The highest BCUT2D eigenvalue weighted by atomic mass is 16.5. The molecule has 0 aromatic carbocycles. The zero-order chi connectivity index (χ0) is 23.8. The van der Waals surface area contributed by atoms with Gasteiger partial charge in [-0.15, -0.1) is 0 Å². The molecule has 2 fully saturated rings. The number of hydrogen-bond donors (Lipinski definition) is 2. The van der Waals surface area contributed by atoms with E-state index >= 15 is 0 Å². The Balaban J connectivity index is 1.79. The van der Waals surface area contributed by atoms with Crippen LogP contribution >= 0.6 is 0 Å². The summed E-state index contributed by atoms with van der Waals surface area (Å²) in [5.74, 6) is -1.37. The number of nitrogens with one attached hydrogen (secondary N) is 1. The van der Waals surface area contributed by atoms with Crippen LogP contribution in [0.25, 0.3) is 11.7 Å². The minimum Gasteiger partial charge on any atom is -0.492 e. The molecule has 0 bridgehead atoms. The van der Waals surface area contributed by atoms with E-state index in [2.05, 4.69) is 10.4 Å². The van der Waals surface area contributed by atoms with Crippen molar-refractivity contribution in [3.05, 3.63) is 33.8 Å². The van der Waals surface area contributed by atoms with Crippen molar-refractivity contribution in [2.75, 3.05) is 33.4 Å². The molecule has 2 aliphatic rings. The van der Waals surface area contributed by atoms with Gasteiger partial charge in [0.1, 0.15) is 5.65 Å². The lowest BCUT2D eigenvalue weighted by Crippen LogP contribution is -2.40. The molecule has 1 saturated heterocycles. The van der Waals surface area contributed by atoms with Crippen LogP contribution in [0.3, 0.4) is 0 Å². The summed E-state index contributed by atoms with van der Waals surface area (Å²) < 4.78 is 13.3. The maximum Gasteiger partial charge on any atom is 0.270 e. The van der Waals surface area contributed by atoms with Gasteiger partial charge in [0.2, 0.25) is 11.8 Å². The number of aromatic nitrogens is 3. The molecular formula is C22H29N5O6. The third-order valence-electron chi connectivity index (χ3n) is 5.87. The molecule has 11 heteroatoms. The Labute approximate surface area is 190 Å². The second-order valence-electron chi connectivity index (χ2n) is 8.91. The van der Waals surface area contributed by atoms with Gasteiger partial charge < -0.3 is 24.8 Å². The lowest BCUT2D eigenvalue weighted by molar-refractivity contribution is -0.129. The number of nitrogens with zero attached hydrogens (tertiary/aromatic N) is 4. The van der Waals surface area contributed by atoms with Gasteiger partial charge in [-0.1, -0.05) is 0 Å². The lowest BCUT2D eigenvalue weighted by atomic mass is 10.1. The Morgan fingerprint density at radius 3 is 2.67 bits per heavy atom. The van der Waals surface area contributed by atoms with Crippen molar-refractivity contribution in [2.24, 2.45) is 0 Å². The first-order valence-electron chi connectivity index (χ1n) is 11.0. The number of aromatic hydroxyl groups is 1. The van der Waals surface area contributed by atoms with E-state index in [1.165, 1.54) is 23.9 Å². The molecule has 2 amide bonds. The van der Waals surface area contributed by atoms with Crippen molar-refractivity contribution < 1.29 is 24.2 Å². The number of ether oxygens (including phenoxy) is 2. The number of carbonyl (C=O) groups is 2. The van der Waals surface area contributed by atoms with Gasteiger partial charge in [-0.3, -0.25) is 19.0 Å². The van der Waals surface area contributed by atoms with Crippen LogP contribution in [0.4, 0.5) is 0 Å². The van der Waals surface area contributed by atoms with Crippen LogP contribution in [0.15, 0.2) is 17.1 Å². The molecule has 2 aromatic heterocycles. The molecular weight excluding hydrogens is 430 g/mol. The number of fused-ring (bicyclic) bond motifs is 1. The van der Waals surface area contributed by atoms with Crippen LogP contribution in [-0.2, 0) is 20.8 Å². The fourth-order valence-electron chi connectivity index (χ4n) is 3.66. The Morgan fingerprint density at radius 1 is 1.33 bits per heavy atom. The third kappa shape index (κ3) is 4.79. The lowest BCUT2D eigenvalue weighted by Gasteiger charge is -2.25. The SMILES string of the molecule is COC(C)(C)Cn1c(=O)c(C(=O)NC2CC2)c(O)n2ncc(/C=C/C(=O)N3CCOCC3)c12. The second kappa shape index (κ2) is 8.99. The van der Waals surface area contributed by atoms with Crippen molar-refractivity contribution in [3.8, 4) is 5.88 Å². The molecule has 0 spiro atoms. The van der Waals surface area contributed by atoms with Crippen molar-refractivity contribution in [3.63, 3.8) is 0 Å². The summed E-state index contributed by atoms with van der Waals surface area (Å²) in [6.07, 6.45) is 6.08. The quantitative estimate of drug-likeness (QED) is 0.574. The van der Waals surface area contributed by atoms with E-state index in [-0.39, 0.29) is 29.7 Å². The van der Waals surface area contributed by atoms with Crippen molar-refractivity contribution in [2.45, 2.75) is 44.9 Å². The van der Waals surface area contributed by atoms with Gasteiger partial charge >= 0.3 is 0 Å². The van der Waals surface area contributed by atoms with Crippen LogP contribution in [0, 0.1) is 0 Å². The number of hydrogen-bond acceptors (Lipinski definition) is 7. The zero-order valence-corrected chi connectivity index (χ0v) is 19.0. The van der Waals surface area contributed by atoms with Crippen LogP contribution < -0.4 is 10.9 Å². The molecule has 1 saturated carbocycles. The highest BCUT2D eigenvalue weighted by Gasteiger charge is 2.31. The smallest absolute Gasteiger partial charge is 0.270 e. The number of amides is 2. The summed E-state index contributed by atoms with van der Waals surface area (Å²) in [7, 11) is 1.53. The normalized spacial score (nSPS) is 17.1. The van der Waals surface area contributed by atoms with Gasteiger partial charge in [0, 0.05) is 37.9 Å². The van der Waals surface area contributed by atoms with E-state index in [4.69, 9.17) is 9.47 Å². The van der Waals surface area contributed by atoms with Gasteiger partial charge in [-0.25, -0.2) is 0 Å². The molecule has 1 aliphatic carbocycles. The molecule has 3 heterocycles. The molecule has 2 aromatic rings. The Morgan fingerprint density at radius 2 is 2.03 bits per heavy atom. The molecule has 178 valence electrons. The molecule has 11 nitrogen and oxygen atoms in total. The topological polar surface area (TPSA) is 127 Å². The van der Waals surface area contributed by atoms with E-state index in [9.17, 15) is 19.5 Å². The van der Waals surface area contributed by atoms with E-state index in [0.29, 0.717) is 31.9 Å². The molecule has 0 unspecified atom stereocenters.